The van der Waals surface area contributed by atoms with Gasteiger partial charge in [-0.2, -0.15) is 0 Å². The highest BCUT2D eigenvalue weighted by molar-refractivity contribution is 5.76. The van der Waals surface area contributed by atoms with E-state index in [-0.39, 0.29) is 6.03 Å². The molecule has 1 aromatic heterocycles. The van der Waals surface area contributed by atoms with Crippen molar-refractivity contribution in [2.24, 2.45) is 0 Å². The number of nitrogens with zero attached hydrogens (tertiary/aromatic N) is 3. The van der Waals surface area contributed by atoms with E-state index in [1.807, 2.05) is 23.4 Å². The predicted molar refractivity (Wildman–Crippen MR) is 72.6 cm³/mol. The molecular formula is C14H20N4O. The van der Waals surface area contributed by atoms with Gasteiger partial charge in [-0.1, -0.05) is 6.07 Å². The van der Waals surface area contributed by atoms with Crippen LogP contribution in [0.4, 0.5) is 4.79 Å². The van der Waals surface area contributed by atoms with E-state index in [0.717, 1.165) is 45.6 Å². The van der Waals surface area contributed by atoms with Crippen LogP contribution in [0.25, 0.3) is 0 Å². The second-order valence-electron chi connectivity index (χ2n) is 5.29. The van der Waals surface area contributed by atoms with Gasteiger partial charge < -0.3 is 10.2 Å². The number of hydrogen-bond donors (Lipinski definition) is 1. The third-order valence-corrected chi connectivity index (χ3v) is 4.02. The molecule has 2 aliphatic heterocycles. The van der Waals surface area contributed by atoms with E-state index in [9.17, 15) is 4.79 Å². The molecule has 5 nitrogen and oxygen atoms in total. The first-order valence-electron chi connectivity index (χ1n) is 6.98. The number of urea groups is 1. The molecule has 0 atom stereocenters. The number of hydrogen-bond acceptors (Lipinski definition) is 3. The molecule has 2 fully saturated rings. The Bertz CT molecular complexity index is 428. The van der Waals surface area contributed by atoms with Crippen molar-refractivity contribution in [1.29, 1.82) is 0 Å². The van der Waals surface area contributed by atoms with Crippen LogP contribution in [-0.2, 0) is 6.54 Å². The molecule has 0 radical (unpaired) electrons. The third-order valence-electron chi connectivity index (χ3n) is 4.02. The van der Waals surface area contributed by atoms with E-state index in [1.165, 1.54) is 5.56 Å². The Balaban J connectivity index is 1.51. The maximum atomic E-state index is 11.6. The maximum absolute atomic E-state index is 11.6. The summed E-state index contributed by atoms with van der Waals surface area (Å²) in [4.78, 5) is 20.2. The van der Waals surface area contributed by atoms with Crippen LogP contribution in [-0.4, -0.2) is 53.0 Å². The first-order chi connectivity index (χ1) is 9.33. The Morgan fingerprint density at radius 1 is 1.32 bits per heavy atom. The van der Waals surface area contributed by atoms with E-state index in [1.54, 1.807) is 0 Å². The number of amides is 2. The fourth-order valence-corrected chi connectivity index (χ4v) is 2.97. The molecule has 0 aromatic carbocycles. The molecule has 1 N–H and O–H groups in total. The molecule has 1 aromatic rings. The molecule has 2 saturated heterocycles. The van der Waals surface area contributed by atoms with E-state index >= 15 is 0 Å². The van der Waals surface area contributed by atoms with Crippen LogP contribution in [0.2, 0.25) is 0 Å². The summed E-state index contributed by atoms with van der Waals surface area (Å²) in [6.07, 6.45) is 5.89. The van der Waals surface area contributed by atoms with Gasteiger partial charge in [0.2, 0.25) is 0 Å². The minimum absolute atomic E-state index is 0.116. The fraction of sp³-hybridized carbons (Fsp3) is 0.571. The summed E-state index contributed by atoms with van der Waals surface area (Å²) in [5.74, 6) is 0. The third kappa shape index (κ3) is 2.87. The summed E-state index contributed by atoms with van der Waals surface area (Å²) < 4.78 is 0. The average molecular weight is 260 g/mol. The standard InChI is InChI=1S/C14H20N4O/c19-14-16-6-9-18(14)13-3-7-17(8-4-13)11-12-2-1-5-15-10-12/h1-2,5,10,13H,3-4,6-9,11H2,(H,16,19). The van der Waals surface area contributed by atoms with Crippen LogP contribution >= 0.6 is 0 Å². The summed E-state index contributed by atoms with van der Waals surface area (Å²) in [5, 5.41) is 2.88. The zero-order valence-corrected chi connectivity index (χ0v) is 11.1. The molecule has 0 unspecified atom stereocenters. The average Bonchev–Trinajstić information content (AvgIpc) is 2.87. The monoisotopic (exact) mass is 260 g/mol. The van der Waals surface area contributed by atoms with E-state index in [4.69, 9.17) is 0 Å². The molecule has 3 heterocycles. The molecule has 5 heteroatoms. The summed E-state index contributed by atoms with van der Waals surface area (Å²) >= 11 is 0. The first-order valence-corrected chi connectivity index (χ1v) is 6.98. The van der Waals surface area contributed by atoms with E-state index in [2.05, 4.69) is 21.3 Å². The molecule has 102 valence electrons. The van der Waals surface area contributed by atoms with Crippen LogP contribution in [0.15, 0.2) is 24.5 Å². The molecule has 19 heavy (non-hydrogen) atoms. The second kappa shape index (κ2) is 5.57. The number of rotatable bonds is 3. The Hall–Kier alpha value is -1.62. The van der Waals surface area contributed by atoms with Crippen molar-refractivity contribution in [1.82, 2.24) is 20.1 Å². The van der Waals surface area contributed by atoms with Crippen molar-refractivity contribution in [3.63, 3.8) is 0 Å². The van der Waals surface area contributed by atoms with Gasteiger partial charge >= 0.3 is 6.03 Å². The van der Waals surface area contributed by atoms with Gasteiger partial charge in [-0.25, -0.2) is 4.79 Å². The van der Waals surface area contributed by atoms with Gasteiger partial charge in [-0.05, 0) is 24.5 Å². The fourth-order valence-electron chi connectivity index (χ4n) is 2.97. The predicted octanol–water partition coefficient (Wildman–Crippen LogP) is 1.07. The lowest BCUT2D eigenvalue weighted by molar-refractivity contribution is 0.132. The van der Waals surface area contributed by atoms with Crippen LogP contribution in [0.1, 0.15) is 18.4 Å². The quantitative estimate of drug-likeness (QED) is 0.884. The summed E-state index contributed by atoms with van der Waals surface area (Å²) in [7, 11) is 0. The van der Waals surface area contributed by atoms with Crippen molar-refractivity contribution >= 4 is 6.03 Å². The number of nitrogens with one attached hydrogen (secondary N) is 1. The lowest BCUT2D eigenvalue weighted by Crippen LogP contribution is -2.45. The summed E-state index contributed by atoms with van der Waals surface area (Å²) in [6.45, 7) is 4.75. The minimum atomic E-state index is 0.116. The molecule has 0 aliphatic carbocycles. The molecular weight excluding hydrogens is 240 g/mol. The van der Waals surface area contributed by atoms with Crippen LogP contribution in [0, 0.1) is 0 Å². The normalized spacial score (nSPS) is 21.7. The SMILES string of the molecule is O=C1NCCN1C1CCN(Cc2cccnc2)CC1. The number of likely N-dealkylation sites (tertiary alicyclic amines) is 1. The number of pyridine rings is 1. The second-order valence-corrected chi connectivity index (χ2v) is 5.29. The van der Waals surface area contributed by atoms with E-state index in [0.29, 0.717) is 6.04 Å². The zero-order valence-electron chi connectivity index (χ0n) is 11.1. The Morgan fingerprint density at radius 3 is 2.79 bits per heavy atom. The highest BCUT2D eigenvalue weighted by atomic mass is 16.2. The molecule has 0 spiro atoms. The highest BCUT2D eigenvalue weighted by Crippen LogP contribution is 2.19. The zero-order chi connectivity index (χ0) is 13.1. The van der Waals surface area contributed by atoms with Gasteiger partial charge in [0.25, 0.3) is 0 Å². The first kappa shape index (κ1) is 12.4. The number of aromatic nitrogens is 1. The molecule has 2 aliphatic rings. The number of carbonyl (C=O) groups excluding carboxylic acids is 1. The Morgan fingerprint density at radius 2 is 2.16 bits per heavy atom. The van der Waals surface area contributed by atoms with Crippen molar-refractivity contribution < 1.29 is 4.79 Å². The van der Waals surface area contributed by atoms with Gasteiger partial charge in [0.15, 0.2) is 0 Å². The topological polar surface area (TPSA) is 48.5 Å². The van der Waals surface area contributed by atoms with Gasteiger partial charge in [0.05, 0.1) is 0 Å². The molecule has 2 amide bonds. The Kier molecular flexibility index (Phi) is 3.64. The van der Waals surface area contributed by atoms with Gasteiger partial charge in [0, 0.05) is 51.2 Å². The van der Waals surface area contributed by atoms with Crippen molar-refractivity contribution in [2.75, 3.05) is 26.2 Å². The Labute approximate surface area is 113 Å². The summed E-state index contributed by atoms with van der Waals surface area (Å²) in [5.41, 5.74) is 1.26. The lowest BCUT2D eigenvalue weighted by atomic mass is 10.0. The number of piperidine rings is 1. The van der Waals surface area contributed by atoms with Crippen LogP contribution in [0.5, 0.6) is 0 Å². The maximum Gasteiger partial charge on any atom is 0.317 e. The van der Waals surface area contributed by atoms with Crippen LogP contribution < -0.4 is 5.32 Å². The van der Waals surface area contributed by atoms with Gasteiger partial charge in [-0.15, -0.1) is 0 Å². The largest absolute Gasteiger partial charge is 0.336 e. The number of carbonyl (C=O) groups is 1. The molecule has 3 rings (SSSR count). The van der Waals surface area contributed by atoms with Gasteiger partial charge in [-0.3, -0.25) is 9.88 Å². The van der Waals surface area contributed by atoms with Gasteiger partial charge in [0.1, 0.15) is 0 Å². The van der Waals surface area contributed by atoms with Crippen molar-refractivity contribution in [3.8, 4) is 0 Å². The smallest absolute Gasteiger partial charge is 0.317 e. The minimum Gasteiger partial charge on any atom is -0.336 e. The highest BCUT2D eigenvalue weighted by Gasteiger charge is 2.30. The van der Waals surface area contributed by atoms with Crippen molar-refractivity contribution in [3.05, 3.63) is 30.1 Å². The summed E-state index contributed by atoms with van der Waals surface area (Å²) in [6, 6.07) is 4.64. The van der Waals surface area contributed by atoms with Crippen molar-refractivity contribution in [2.45, 2.75) is 25.4 Å². The molecule has 0 saturated carbocycles. The van der Waals surface area contributed by atoms with Crippen LogP contribution in [0.3, 0.4) is 0 Å². The molecule has 0 bridgehead atoms. The van der Waals surface area contributed by atoms with E-state index < -0.39 is 0 Å². The lowest BCUT2D eigenvalue weighted by Gasteiger charge is -2.36.